The second kappa shape index (κ2) is 6.32. The van der Waals surface area contributed by atoms with Crippen LogP contribution in [0.3, 0.4) is 0 Å². The summed E-state index contributed by atoms with van der Waals surface area (Å²) in [6, 6.07) is 0. The number of rotatable bonds is 3. The Balaban J connectivity index is 2.36. The number of primary amides is 1. The van der Waals surface area contributed by atoms with Crippen LogP contribution in [-0.2, 0) is 17.6 Å². The number of carbonyl (C=O) groups excluding carboxylic acids is 2. The number of carbonyl (C=O) groups is 2. The molecular weight excluding hydrogens is 355 g/mol. The molecule has 0 aliphatic heterocycles. The minimum Gasteiger partial charge on any atom is -0.365 e. The number of nitrogens with one attached hydrogen (secondary N) is 1. The zero-order valence-electron chi connectivity index (χ0n) is 11.3. The van der Waals surface area contributed by atoms with E-state index in [1.807, 2.05) is 0 Å². The Morgan fingerprint density at radius 1 is 1.43 bits per heavy atom. The van der Waals surface area contributed by atoms with Gasteiger partial charge in [-0.05, 0) is 30.7 Å². The van der Waals surface area contributed by atoms with Gasteiger partial charge in [0.05, 0.1) is 5.56 Å². The largest absolute Gasteiger partial charge is 0.365 e. The molecule has 0 saturated carbocycles. The maximum atomic E-state index is 11.8. The highest BCUT2D eigenvalue weighted by molar-refractivity contribution is 7.17. The first-order chi connectivity index (χ1) is 9.74. The van der Waals surface area contributed by atoms with Gasteiger partial charge in [-0.25, -0.2) is 0 Å². The summed E-state index contributed by atoms with van der Waals surface area (Å²) in [5.74, 6) is -0.767. The molecule has 0 aromatic carbocycles. The monoisotopic (exact) mass is 368 g/mol. The minimum atomic E-state index is -2.08. The summed E-state index contributed by atoms with van der Waals surface area (Å²) in [5, 5.41) is 2.88. The number of nitrogens with two attached hydrogens (primary N) is 1. The van der Waals surface area contributed by atoms with Crippen molar-refractivity contribution in [1.29, 1.82) is 0 Å². The predicted molar refractivity (Wildman–Crippen MR) is 87.6 cm³/mol. The van der Waals surface area contributed by atoms with Crippen molar-refractivity contribution < 1.29 is 9.59 Å². The highest BCUT2D eigenvalue weighted by atomic mass is 35.6. The standard InChI is InChI=1S/C13H15Cl3N2O2S/c1-2-6-3-4-7-8(5-6)21-11(9(7)10(17)19)18-12(20)13(14,15)16/h6H,2-5H2,1H3,(H2,17,19)(H,18,20). The van der Waals surface area contributed by atoms with Gasteiger partial charge >= 0.3 is 0 Å². The number of hydrogen-bond acceptors (Lipinski definition) is 3. The van der Waals surface area contributed by atoms with E-state index in [0.717, 1.165) is 36.1 Å². The Bertz CT molecular complexity index is 581. The lowest BCUT2D eigenvalue weighted by molar-refractivity contribution is -0.115. The molecule has 0 radical (unpaired) electrons. The van der Waals surface area contributed by atoms with E-state index in [1.54, 1.807) is 0 Å². The number of hydrogen-bond donors (Lipinski definition) is 2. The van der Waals surface area contributed by atoms with Gasteiger partial charge in [-0.3, -0.25) is 9.59 Å². The van der Waals surface area contributed by atoms with E-state index in [4.69, 9.17) is 40.5 Å². The Morgan fingerprint density at radius 2 is 2.10 bits per heavy atom. The molecule has 0 spiro atoms. The van der Waals surface area contributed by atoms with Crippen LogP contribution in [0.1, 0.15) is 40.6 Å². The molecule has 4 nitrogen and oxygen atoms in total. The fourth-order valence-electron chi connectivity index (χ4n) is 2.53. The Labute approximate surface area is 141 Å². The van der Waals surface area contributed by atoms with E-state index in [9.17, 15) is 9.59 Å². The van der Waals surface area contributed by atoms with E-state index in [1.165, 1.54) is 11.3 Å². The summed E-state index contributed by atoms with van der Waals surface area (Å²) in [5.41, 5.74) is 6.73. The average molecular weight is 370 g/mol. The lowest BCUT2D eigenvalue weighted by Crippen LogP contribution is -2.28. The zero-order chi connectivity index (χ0) is 15.8. The molecule has 1 heterocycles. The fraction of sp³-hybridized carbons (Fsp3) is 0.538. The second-order valence-electron chi connectivity index (χ2n) is 5.04. The lowest BCUT2D eigenvalue weighted by Gasteiger charge is -2.20. The predicted octanol–water partition coefficient (Wildman–Crippen LogP) is 3.67. The molecule has 1 aliphatic carbocycles. The van der Waals surface area contributed by atoms with Crippen LogP contribution in [0.2, 0.25) is 0 Å². The molecule has 1 aromatic heterocycles. The van der Waals surface area contributed by atoms with Gasteiger partial charge in [0.15, 0.2) is 0 Å². The van der Waals surface area contributed by atoms with Crippen LogP contribution in [0.15, 0.2) is 0 Å². The Morgan fingerprint density at radius 3 is 2.62 bits per heavy atom. The molecule has 1 unspecified atom stereocenters. The van der Waals surface area contributed by atoms with E-state index in [-0.39, 0.29) is 0 Å². The minimum absolute atomic E-state index is 0.354. The fourth-order valence-corrected chi connectivity index (χ4v) is 4.03. The SMILES string of the molecule is CCC1CCc2c(sc(NC(=O)C(Cl)(Cl)Cl)c2C(N)=O)C1. The van der Waals surface area contributed by atoms with Crippen molar-refractivity contribution in [2.45, 2.75) is 36.4 Å². The van der Waals surface area contributed by atoms with Crippen LogP contribution in [0.4, 0.5) is 5.00 Å². The van der Waals surface area contributed by atoms with Crippen LogP contribution in [0.5, 0.6) is 0 Å². The Kier molecular flexibility index (Phi) is 5.08. The number of alkyl halides is 3. The van der Waals surface area contributed by atoms with Crippen molar-refractivity contribution in [2.24, 2.45) is 11.7 Å². The summed E-state index contributed by atoms with van der Waals surface area (Å²) in [7, 11) is 0. The van der Waals surface area contributed by atoms with Gasteiger partial charge < -0.3 is 11.1 Å². The van der Waals surface area contributed by atoms with Gasteiger partial charge in [-0.15, -0.1) is 11.3 Å². The van der Waals surface area contributed by atoms with Gasteiger partial charge in [-0.2, -0.15) is 0 Å². The maximum absolute atomic E-state index is 11.8. The molecule has 2 rings (SSSR count). The molecule has 3 N–H and O–H groups in total. The molecule has 1 atom stereocenters. The first kappa shape index (κ1) is 16.9. The Hall–Kier alpha value is -0.490. The first-order valence-corrected chi connectivity index (χ1v) is 8.51. The van der Waals surface area contributed by atoms with E-state index >= 15 is 0 Å². The number of anilines is 1. The number of thiophene rings is 1. The lowest BCUT2D eigenvalue weighted by atomic mass is 9.85. The average Bonchev–Trinajstić information content (AvgIpc) is 2.74. The van der Waals surface area contributed by atoms with Gasteiger partial charge in [0.2, 0.25) is 0 Å². The third-order valence-electron chi connectivity index (χ3n) is 3.68. The van der Waals surface area contributed by atoms with Crippen LogP contribution < -0.4 is 11.1 Å². The maximum Gasteiger partial charge on any atom is 0.277 e. The van der Waals surface area contributed by atoms with Crippen molar-refractivity contribution in [3.63, 3.8) is 0 Å². The topological polar surface area (TPSA) is 72.2 Å². The molecule has 21 heavy (non-hydrogen) atoms. The molecule has 1 aliphatic rings. The second-order valence-corrected chi connectivity index (χ2v) is 8.43. The third kappa shape index (κ3) is 3.65. The molecule has 8 heteroatoms. The van der Waals surface area contributed by atoms with E-state index in [2.05, 4.69) is 12.2 Å². The van der Waals surface area contributed by atoms with Crippen molar-refractivity contribution in [3.05, 3.63) is 16.0 Å². The van der Waals surface area contributed by atoms with E-state index in [0.29, 0.717) is 16.5 Å². The normalized spacial score (nSPS) is 18.2. The summed E-state index contributed by atoms with van der Waals surface area (Å²) >= 11 is 18.0. The molecule has 0 fully saturated rings. The number of halogens is 3. The van der Waals surface area contributed by atoms with Crippen LogP contribution in [0, 0.1) is 5.92 Å². The molecule has 0 bridgehead atoms. The van der Waals surface area contributed by atoms with Gasteiger partial charge in [0.1, 0.15) is 5.00 Å². The van der Waals surface area contributed by atoms with Crippen LogP contribution in [-0.4, -0.2) is 15.6 Å². The smallest absolute Gasteiger partial charge is 0.277 e. The zero-order valence-corrected chi connectivity index (χ0v) is 14.4. The van der Waals surface area contributed by atoms with Crippen molar-refractivity contribution in [2.75, 3.05) is 5.32 Å². The summed E-state index contributed by atoms with van der Waals surface area (Å²) in [6.07, 6.45) is 3.77. The van der Waals surface area contributed by atoms with Crippen LogP contribution >= 0.6 is 46.1 Å². The number of amides is 2. The first-order valence-electron chi connectivity index (χ1n) is 6.56. The third-order valence-corrected chi connectivity index (χ3v) is 5.36. The van der Waals surface area contributed by atoms with Gasteiger partial charge in [-0.1, -0.05) is 48.1 Å². The summed E-state index contributed by atoms with van der Waals surface area (Å²) < 4.78 is -2.08. The molecular formula is C13H15Cl3N2O2S. The summed E-state index contributed by atoms with van der Waals surface area (Å²) in [4.78, 5) is 24.6. The molecule has 2 amide bonds. The quantitative estimate of drug-likeness (QED) is 0.798. The van der Waals surface area contributed by atoms with E-state index < -0.39 is 15.6 Å². The van der Waals surface area contributed by atoms with Crippen LogP contribution in [0.25, 0.3) is 0 Å². The van der Waals surface area contributed by atoms with Gasteiger partial charge in [0, 0.05) is 4.88 Å². The molecule has 0 saturated heterocycles. The molecule has 116 valence electrons. The van der Waals surface area contributed by atoms with Crippen molar-refractivity contribution >= 4 is 63.0 Å². The highest BCUT2D eigenvalue weighted by Crippen LogP contribution is 2.41. The highest BCUT2D eigenvalue weighted by Gasteiger charge is 2.34. The van der Waals surface area contributed by atoms with Crippen molar-refractivity contribution in [3.8, 4) is 0 Å². The van der Waals surface area contributed by atoms with Crippen molar-refractivity contribution in [1.82, 2.24) is 0 Å². The summed E-state index contributed by atoms with van der Waals surface area (Å²) in [6.45, 7) is 2.14. The molecule has 1 aromatic rings. The van der Waals surface area contributed by atoms with Gasteiger partial charge in [0.25, 0.3) is 15.6 Å². The number of fused-ring (bicyclic) bond motifs is 1.